The minimum atomic E-state index is -0.304. The molecule has 4 bridgehead atoms. The predicted octanol–water partition coefficient (Wildman–Crippen LogP) is 5.87. The number of benzene rings is 1. The zero-order chi connectivity index (χ0) is 24.1. The maximum absolute atomic E-state index is 12.2. The third kappa shape index (κ3) is 5.62. The summed E-state index contributed by atoms with van der Waals surface area (Å²) in [4.78, 5) is 12.2. The Morgan fingerprint density at radius 1 is 1.06 bits per heavy atom. The quantitative estimate of drug-likeness (QED) is 0.492. The van der Waals surface area contributed by atoms with Crippen molar-refractivity contribution in [1.29, 1.82) is 0 Å². The SMILES string of the molecule is CCOc1cc(CNC23CC4CC(C)(CC(C)(C4)C2)C3)c(Cl)cc1OCC(=O)NC(C)(C)C. The highest BCUT2D eigenvalue weighted by Crippen LogP contribution is 2.66. The number of halogens is 1. The van der Waals surface area contributed by atoms with Crippen LogP contribution in [0.2, 0.25) is 5.02 Å². The van der Waals surface area contributed by atoms with Crippen molar-refractivity contribution < 1.29 is 14.3 Å². The molecule has 0 saturated heterocycles. The van der Waals surface area contributed by atoms with Crippen LogP contribution in [0.25, 0.3) is 0 Å². The van der Waals surface area contributed by atoms with Crippen LogP contribution >= 0.6 is 11.6 Å². The molecule has 0 aromatic heterocycles. The summed E-state index contributed by atoms with van der Waals surface area (Å²) in [5.74, 6) is 1.81. The standard InChI is InChI=1S/C27H41ClN2O3/c1-7-32-21-8-19(20(28)9-22(21)33-14-23(31)30-24(2,3)4)13-29-27-12-18-10-25(5,16-27)15-26(6,11-18)17-27/h8-9,18,29H,7,10-17H2,1-6H3,(H,30,31). The minimum absolute atomic E-state index is 0.0765. The lowest BCUT2D eigenvalue weighted by Crippen LogP contribution is -2.63. The summed E-state index contributed by atoms with van der Waals surface area (Å²) < 4.78 is 11.6. The second-order valence-corrected chi connectivity index (χ2v) is 13.1. The van der Waals surface area contributed by atoms with Gasteiger partial charge in [0.05, 0.1) is 6.61 Å². The molecular weight excluding hydrogens is 436 g/mol. The molecule has 1 amide bonds. The van der Waals surface area contributed by atoms with Crippen LogP contribution < -0.4 is 20.1 Å². The molecular formula is C27H41ClN2O3. The first kappa shape index (κ1) is 24.7. The van der Waals surface area contributed by atoms with Crippen LogP contribution in [0.4, 0.5) is 0 Å². The van der Waals surface area contributed by atoms with Crippen molar-refractivity contribution in [2.24, 2.45) is 16.7 Å². The van der Waals surface area contributed by atoms with Crippen LogP contribution in [0, 0.1) is 16.7 Å². The van der Waals surface area contributed by atoms with Crippen molar-refractivity contribution in [3.05, 3.63) is 22.7 Å². The molecule has 2 atom stereocenters. The maximum Gasteiger partial charge on any atom is 0.258 e. The average molecular weight is 477 g/mol. The first-order valence-corrected chi connectivity index (χ1v) is 12.8. The zero-order valence-electron chi connectivity index (χ0n) is 21.2. The molecule has 2 N–H and O–H groups in total. The van der Waals surface area contributed by atoms with Crippen molar-refractivity contribution in [3.63, 3.8) is 0 Å². The highest BCUT2D eigenvalue weighted by molar-refractivity contribution is 6.31. The van der Waals surface area contributed by atoms with Gasteiger partial charge in [0.2, 0.25) is 0 Å². The smallest absolute Gasteiger partial charge is 0.258 e. The van der Waals surface area contributed by atoms with Crippen LogP contribution in [0.3, 0.4) is 0 Å². The fourth-order valence-corrected chi connectivity index (χ4v) is 7.84. The Morgan fingerprint density at radius 3 is 2.27 bits per heavy atom. The van der Waals surface area contributed by atoms with E-state index in [9.17, 15) is 4.79 Å². The molecule has 4 aliphatic rings. The van der Waals surface area contributed by atoms with E-state index in [-0.39, 0.29) is 23.6 Å². The first-order chi connectivity index (χ1) is 15.3. The molecule has 4 saturated carbocycles. The topological polar surface area (TPSA) is 59.6 Å². The van der Waals surface area contributed by atoms with Gasteiger partial charge in [-0.3, -0.25) is 4.79 Å². The number of carbonyl (C=O) groups excluding carboxylic acids is 1. The maximum atomic E-state index is 12.2. The minimum Gasteiger partial charge on any atom is -0.490 e. The van der Waals surface area contributed by atoms with E-state index < -0.39 is 0 Å². The van der Waals surface area contributed by atoms with Crippen LogP contribution in [0.5, 0.6) is 11.5 Å². The Hall–Kier alpha value is -1.46. The highest BCUT2D eigenvalue weighted by Gasteiger charge is 2.59. The van der Waals surface area contributed by atoms with E-state index in [1.165, 1.54) is 38.5 Å². The van der Waals surface area contributed by atoms with Gasteiger partial charge in [0, 0.05) is 28.7 Å². The number of hydrogen-bond donors (Lipinski definition) is 2. The molecule has 1 aromatic rings. The Labute approximate surface area is 204 Å². The van der Waals surface area contributed by atoms with Gasteiger partial charge >= 0.3 is 0 Å². The van der Waals surface area contributed by atoms with Gasteiger partial charge in [-0.1, -0.05) is 25.4 Å². The Balaban J connectivity index is 1.46. The van der Waals surface area contributed by atoms with E-state index in [2.05, 4.69) is 24.5 Å². The van der Waals surface area contributed by atoms with E-state index >= 15 is 0 Å². The summed E-state index contributed by atoms with van der Waals surface area (Å²) in [7, 11) is 0. The van der Waals surface area contributed by atoms with Gasteiger partial charge < -0.3 is 20.1 Å². The van der Waals surface area contributed by atoms with Crippen LogP contribution in [0.1, 0.15) is 85.6 Å². The summed E-state index contributed by atoms with van der Waals surface area (Å²) in [5, 5.41) is 7.50. The number of nitrogens with one attached hydrogen (secondary N) is 2. The number of amides is 1. The molecule has 0 radical (unpaired) electrons. The van der Waals surface area contributed by atoms with Gasteiger partial charge in [-0.2, -0.15) is 0 Å². The average Bonchev–Trinajstić information content (AvgIpc) is 2.62. The lowest BCUT2D eigenvalue weighted by Gasteiger charge is -2.65. The predicted molar refractivity (Wildman–Crippen MR) is 133 cm³/mol. The molecule has 1 aromatic carbocycles. The fourth-order valence-electron chi connectivity index (χ4n) is 7.62. The number of hydrogen-bond acceptors (Lipinski definition) is 4. The second kappa shape index (κ2) is 8.64. The van der Waals surface area contributed by atoms with Gasteiger partial charge in [-0.15, -0.1) is 0 Å². The fraction of sp³-hybridized carbons (Fsp3) is 0.741. The van der Waals surface area contributed by atoms with E-state index in [1.54, 1.807) is 6.07 Å². The molecule has 0 spiro atoms. The van der Waals surface area contributed by atoms with Crippen LogP contribution in [0.15, 0.2) is 12.1 Å². The van der Waals surface area contributed by atoms with Gasteiger partial charge in [-0.05, 0) is 94.6 Å². The molecule has 6 heteroatoms. The largest absolute Gasteiger partial charge is 0.490 e. The lowest BCUT2D eigenvalue weighted by atomic mass is 9.43. The number of ether oxygens (including phenoxy) is 2. The van der Waals surface area contributed by atoms with E-state index in [0.717, 1.165) is 11.5 Å². The molecule has 0 heterocycles. The van der Waals surface area contributed by atoms with Gasteiger partial charge in [-0.25, -0.2) is 0 Å². The van der Waals surface area contributed by atoms with Gasteiger partial charge in [0.15, 0.2) is 18.1 Å². The first-order valence-electron chi connectivity index (χ1n) is 12.5. The summed E-state index contributed by atoms with van der Waals surface area (Å²) in [6.45, 7) is 13.9. The summed E-state index contributed by atoms with van der Waals surface area (Å²) in [5.41, 5.74) is 1.84. The molecule has 2 unspecified atom stereocenters. The number of rotatable bonds is 8. The van der Waals surface area contributed by atoms with Crippen molar-refractivity contribution in [2.75, 3.05) is 13.2 Å². The third-order valence-electron chi connectivity index (χ3n) is 7.57. The van der Waals surface area contributed by atoms with Crippen molar-refractivity contribution in [3.8, 4) is 11.5 Å². The van der Waals surface area contributed by atoms with Crippen molar-refractivity contribution in [1.82, 2.24) is 10.6 Å². The van der Waals surface area contributed by atoms with Gasteiger partial charge in [0.1, 0.15) is 0 Å². The normalized spacial score (nSPS) is 32.6. The van der Waals surface area contributed by atoms with E-state index in [4.69, 9.17) is 21.1 Å². The van der Waals surface area contributed by atoms with Crippen LogP contribution in [-0.2, 0) is 11.3 Å². The molecule has 4 aliphatic carbocycles. The Morgan fingerprint density at radius 2 is 1.70 bits per heavy atom. The summed E-state index contributed by atoms with van der Waals surface area (Å²) in [6, 6.07) is 3.76. The lowest BCUT2D eigenvalue weighted by molar-refractivity contribution is -0.124. The Kier molecular flexibility index (Phi) is 6.46. The molecule has 5 rings (SSSR count). The summed E-state index contributed by atoms with van der Waals surface area (Å²) in [6.07, 6.45) is 7.92. The molecule has 184 valence electrons. The molecule has 33 heavy (non-hydrogen) atoms. The zero-order valence-corrected chi connectivity index (χ0v) is 22.0. The summed E-state index contributed by atoms with van der Waals surface area (Å²) >= 11 is 6.69. The van der Waals surface area contributed by atoms with Gasteiger partial charge in [0.25, 0.3) is 5.91 Å². The molecule has 4 fully saturated rings. The number of carbonyl (C=O) groups is 1. The van der Waals surface area contributed by atoms with E-state index in [0.29, 0.717) is 40.5 Å². The monoisotopic (exact) mass is 476 g/mol. The highest BCUT2D eigenvalue weighted by atomic mass is 35.5. The van der Waals surface area contributed by atoms with E-state index in [1.807, 2.05) is 33.8 Å². The Bertz CT molecular complexity index is 891. The molecule has 5 nitrogen and oxygen atoms in total. The second-order valence-electron chi connectivity index (χ2n) is 12.7. The van der Waals surface area contributed by atoms with Crippen molar-refractivity contribution >= 4 is 17.5 Å². The molecule has 0 aliphatic heterocycles. The van der Waals surface area contributed by atoms with Crippen LogP contribution in [-0.4, -0.2) is 30.2 Å². The van der Waals surface area contributed by atoms with Crippen molar-refractivity contribution in [2.45, 2.75) is 97.7 Å². The third-order valence-corrected chi connectivity index (χ3v) is 7.92.